The van der Waals surface area contributed by atoms with Crippen LogP contribution in [0.25, 0.3) is 0 Å². The van der Waals surface area contributed by atoms with Gasteiger partial charge in [-0.05, 0) is 37.6 Å². The van der Waals surface area contributed by atoms with Gasteiger partial charge in [-0.2, -0.15) is 0 Å². The summed E-state index contributed by atoms with van der Waals surface area (Å²) in [6, 6.07) is 4.01. The second-order valence-electron chi connectivity index (χ2n) is 3.16. The van der Waals surface area contributed by atoms with E-state index in [1.807, 2.05) is 12.1 Å². The van der Waals surface area contributed by atoms with Crippen LogP contribution >= 0.6 is 0 Å². The van der Waals surface area contributed by atoms with Gasteiger partial charge in [0.2, 0.25) is 0 Å². The van der Waals surface area contributed by atoms with Gasteiger partial charge in [-0.25, -0.2) is 0 Å². The van der Waals surface area contributed by atoms with Crippen LogP contribution in [0.4, 0.5) is 0 Å². The molecule has 0 amide bonds. The molecule has 72 valence electrons. The predicted octanol–water partition coefficient (Wildman–Crippen LogP) is 0.594. The Morgan fingerprint density at radius 1 is 1.46 bits per heavy atom. The zero-order chi connectivity index (χ0) is 9.52. The minimum absolute atomic E-state index is 0.266. The van der Waals surface area contributed by atoms with Gasteiger partial charge in [-0.1, -0.05) is 0 Å². The highest BCUT2D eigenvalue weighted by Gasteiger charge is 1.94. The molecule has 13 heavy (non-hydrogen) atoms. The Bertz CT molecular complexity index is 224. The van der Waals surface area contributed by atoms with Crippen LogP contribution in [0.2, 0.25) is 0 Å². The van der Waals surface area contributed by atoms with E-state index in [1.54, 1.807) is 19.3 Å². The summed E-state index contributed by atoms with van der Waals surface area (Å²) in [6.45, 7) is 3.33. The topological polar surface area (TPSA) is 45.1 Å². The summed E-state index contributed by atoms with van der Waals surface area (Å²) in [5, 5.41) is 12.1. The van der Waals surface area contributed by atoms with Crippen molar-refractivity contribution in [3.63, 3.8) is 0 Å². The van der Waals surface area contributed by atoms with Crippen molar-refractivity contribution in [2.75, 3.05) is 13.1 Å². The van der Waals surface area contributed by atoms with Crippen molar-refractivity contribution in [3.05, 3.63) is 30.1 Å². The SMILES string of the molecule is C[C@@H](O)CNCCc1ccncc1. The number of rotatable bonds is 5. The van der Waals surface area contributed by atoms with Crippen molar-refractivity contribution >= 4 is 0 Å². The van der Waals surface area contributed by atoms with E-state index in [2.05, 4.69) is 10.3 Å². The molecule has 2 N–H and O–H groups in total. The van der Waals surface area contributed by atoms with E-state index < -0.39 is 0 Å². The van der Waals surface area contributed by atoms with Gasteiger partial charge in [0.05, 0.1) is 6.10 Å². The number of nitrogens with one attached hydrogen (secondary N) is 1. The van der Waals surface area contributed by atoms with E-state index in [0.29, 0.717) is 6.54 Å². The van der Waals surface area contributed by atoms with Gasteiger partial charge >= 0.3 is 0 Å². The molecular formula is C10H16N2O. The first-order chi connectivity index (χ1) is 6.29. The molecule has 0 radical (unpaired) electrons. The van der Waals surface area contributed by atoms with Crippen molar-refractivity contribution in [1.29, 1.82) is 0 Å². The largest absolute Gasteiger partial charge is 0.392 e. The van der Waals surface area contributed by atoms with E-state index in [9.17, 15) is 0 Å². The normalized spacial score (nSPS) is 12.8. The number of hydrogen-bond acceptors (Lipinski definition) is 3. The lowest BCUT2D eigenvalue weighted by Gasteiger charge is -2.06. The first-order valence-electron chi connectivity index (χ1n) is 4.56. The molecule has 0 unspecified atom stereocenters. The molecule has 0 spiro atoms. The fourth-order valence-electron chi connectivity index (χ4n) is 1.09. The zero-order valence-corrected chi connectivity index (χ0v) is 7.90. The molecule has 1 rings (SSSR count). The van der Waals surface area contributed by atoms with Gasteiger partial charge in [0.1, 0.15) is 0 Å². The second-order valence-corrected chi connectivity index (χ2v) is 3.16. The summed E-state index contributed by atoms with van der Waals surface area (Å²) in [6.07, 6.45) is 4.31. The van der Waals surface area contributed by atoms with Crippen LogP contribution in [0.15, 0.2) is 24.5 Å². The maximum absolute atomic E-state index is 8.98. The molecule has 1 aromatic heterocycles. The number of nitrogens with zero attached hydrogens (tertiary/aromatic N) is 1. The molecule has 1 aromatic rings. The molecular weight excluding hydrogens is 164 g/mol. The third-order valence-corrected chi connectivity index (χ3v) is 1.78. The van der Waals surface area contributed by atoms with Crippen LogP contribution in [-0.2, 0) is 6.42 Å². The van der Waals surface area contributed by atoms with Gasteiger partial charge in [0.25, 0.3) is 0 Å². The molecule has 0 aliphatic rings. The van der Waals surface area contributed by atoms with Crippen molar-refractivity contribution in [2.24, 2.45) is 0 Å². The molecule has 0 fully saturated rings. The number of pyridine rings is 1. The Balaban J connectivity index is 2.13. The summed E-state index contributed by atoms with van der Waals surface area (Å²) < 4.78 is 0. The van der Waals surface area contributed by atoms with Crippen molar-refractivity contribution < 1.29 is 5.11 Å². The fourth-order valence-corrected chi connectivity index (χ4v) is 1.09. The maximum Gasteiger partial charge on any atom is 0.0636 e. The highest BCUT2D eigenvalue weighted by molar-refractivity contribution is 5.09. The standard InChI is InChI=1S/C10H16N2O/c1-9(13)8-12-7-4-10-2-5-11-6-3-10/h2-3,5-6,9,12-13H,4,7-8H2,1H3/t9-/m1/s1. The molecule has 0 saturated carbocycles. The van der Waals surface area contributed by atoms with Crippen LogP contribution in [0, 0.1) is 0 Å². The number of aromatic nitrogens is 1. The lowest BCUT2D eigenvalue weighted by atomic mass is 10.2. The first kappa shape index (κ1) is 10.2. The Morgan fingerprint density at radius 2 is 2.15 bits per heavy atom. The van der Waals surface area contributed by atoms with E-state index in [0.717, 1.165) is 13.0 Å². The summed E-state index contributed by atoms with van der Waals surface area (Å²) >= 11 is 0. The van der Waals surface area contributed by atoms with E-state index in [-0.39, 0.29) is 6.10 Å². The zero-order valence-electron chi connectivity index (χ0n) is 7.90. The second kappa shape index (κ2) is 5.67. The molecule has 0 aromatic carbocycles. The lowest BCUT2D eigenvalue weighted by molar-refractivity contribution is 0.191. The molecule has 1 atom stereocenters. The van der Waals surface area contributed by atoms with Gasteiger partial charge < -0.3 is 10.4 Å². The van der Waals surface area contributed by atoms with Crippen LogP contribution in [-0.4, -0.2) is 29.3 Å². The molecule has 3 nitrogen and oxygen atoms in total. The summed E-state index contributed by atoms with van der Waals surface area (Å²) in [5.41, 5.74) is 1.27. The Morgan fingerprint density at radius 3 is 2.77 bits per heavy atom. The minimum atomic E-state index is -0.266. The molecule has 0 aliphatic carbocycles. The van der Waals surface area contributed by atoms with E-state index in [4.69, 9.17) is 5.11 Å². The molecule has 1 heterocycles. The quantitative estimate of drug-likeness (QED) is 0.652. The van der Waals surface area contributed by atoms with E-state index in [1.165, 1.54) is 5.56 Å². The van der Waals surface area contributed by atoms with Gasteiger partial charge in [0.15, 0.2) is 0 Å². The predicted molar refractivity (Wildman–Crippen MR) is 52.5 cm³/mol. The summed E-state index contributed by atoms with van der Waals surface area (Å²) in [7, 11) is 0. The lowest BCUT2D eigenvalue weighted by Crippen LogP contribution is -2.26. The van der Waals surface area contributed by atoms with Crippen molar-refractivity contribution in [3.8, 4) is 0 Å². The summed E-state index contributed by atoms with van der Waals surface area (Å²) in [5.74, 6) is 0. The van der Waals surface area contributed by atoms with Crippen LogP contribution in [0.5, 0.6) is 0 Å². The number of aliphatic hydroxyl groups excluding tert-OH is 1. The highest BCUT2D eigenvalue weighted by atomic mass is 16.3. The smallest absolute Gasteiger partial charge is 0.0636 e. The average Bonchev–Trinajstić information content (AvgIpc) is 2.14. The third-order valence-electron chi connectivity index (χ3n) is 1.78. The van der Waals surface area contributed by atoms with Gasteiger partial charge in [0, 0.05) is 18.9 Å². The van der Waals surface area contributed by atoms with E-state index >= 15 is 0 Å². The van der Waals surface area contributed by atoms with Crippen molar-refractivity contribution in [2.45, 2.75) is 19.4 Å². The minimum Gasteiger partial charge on any atom is -0.392 e. The monoisotopic (exact) mass is 180 g/mol. The van der Waals surface area contributed by atoms with Crippen molar-refractivity contribution in [1.82, 2.24) is 10.3 Å². The highest BCUT2D eigenvalue weighted by Crippen LogP contribution is 1.95. The van der Waals surface area contributed by atoms with Crippen LogP contribution in [0.1, 0.15) is 12.5 Å². The Hall–Kier alpha value is -0.930. The molecule has 0 saturated heterocycles. The van der Waals surface area contributed by atoms with Gasteiger partial charge in [-0.15, -0.1) is 0 Å². The molecule has 0 aliphatic heterocycles. The average molecular weight is 180 g/mol. The summed E-state index contributed by atoms with van der Waals surface area (Å²) in [4.78, 5) is 3.94. The Kier molecular flexibility index (Phi) is 4.43. The molecule has 0 bridgehead atoms. The fraction of sp³-hybridized carbons (Fsp3) is 0.500. The van der Waals surface area contributed by atoms with Crippen LogP contribution in [0.3, 0.4) is 0 Å². The number of aliphatic hydroxyl groups is 1. The number of hydrogen-bond donors (Lipinski definition) is 2. The maximum atomic E-state index is 8.98. The first-order valence-corrected chi connectivity index (χ1v) is 4.56. The van der Waals surface area contributed by atoms with Gasteiger partial charge in [-0.3, -0.25) is 4.98 Å². The molecule has 3 heteroatoms. The Labute approximate surface area is 78.8 Å². The third kappa shape index (κ3) is 4.60. The van der Waals surface area contributed by atoms with Crippen LogP contribution < -0.4 is 5.32 Å².